The summed E-state index contributed by atoms with van der Waals surface area (Å²) < 4.78 is 22.4. The molecule has 52 heavy (non-hydrogen) atoms. The third kappa shape index (κ3) is 10.4. The average molecular weight is 721 g/mol. The minimum Gasteiger partial charge on any atom is -0.544 e. The number of aryl methyl sites for hydroxylation is 1. The van der Waals surface area contributed by atoms with Crippen molar-refractivity contribution in [3.05, 3.63) is 58.4 Å². The number of carbonyl (C=O) groups is 3. The first-order chi connectivity index (χ1) is 24.5. The van der Waals surface area contributed by atoms with Gasteiger partial charge in [0.05, 0.1) is 17.1 Å². The summed E-state index contributed by atoms with van der Waals surface area (Å²) in [7, 11) is 0. The first-order valence-corrected chi connectivity index (χ1v) is 19.2. The summed E-state index contributed by atoms with van der Waals surface area (Å²) >= 11 is 0. The van der Waals surface area contributed by atoms with E-state index >= 15 is 0 Å². The number of pyridine rings is 1. The number of aliphatic imine (C=N–C) groups is 1. The number of halogens is 2. The molecular formula is C42H56F2N3O5-. The third-order valence-electron chi connectivity index (χ3n) is 11.8. The van der Waals surface area contributed by atoms with Crippen LogP contribution < -0.4 is 5.11 Å². The lowest BCUT2D eigenvalue weighted by atomic mass is 9.71. The summed E-state index contributed by atoms with van der Waals surface area (Å²) in [5.74, 6) is -3.41. The number of rotatable bonds is 12. The quantitative estimate of drug-likeness (QED) is 0.242. The van der Waals surface area contributed by atoms with E-state index in [4.69, 9.17) is 19.9 Å². The van der Waals surface area contributed by atoms with Gasteiger partial charge in [-0.15, -0.1) is 0 Å². The van der Waals surface area contributed by atoms with Gasteiger partial charge in [-0.1, -0.05) is 45.9 Å². The summed E-state index contributed by atoms with van der Waals surface area (Å²) in [6, 6.07) is 10.3. The molecule has 0 amide bonds. The highest BCUT2D eigenvalue weighted by atomic mass is 19.3. The molecule has 284 valence electrons. The molecule has 4 aliphatic rings. The van der Waals surface area contributed by atoms with Gasteiger partial charge in [0.25, 0.3) is 5.92 Å². The number of ketones is 2. The molecule has 2 atom stereocenters. The molecule has 1 aromatic heterocycles. The molecular weight excluding hydrogens is 664 g/mol. The van der Waals surface area contributed by atoms with E-state index in [1.807, 2.05) is 12.1 Å². The Kier molecular flexibility index (Phi) is 12.8. The molecule has 2 fully saturated rings. The number of hydrogen-bond donors (Lipinski definition) is 1. The second-order valence-electron chi connectivity index (χ2n) is 17.1. The number of carboxylic acid groups (broad SMARTS) is 1. The van der Waals surface area contributed by atoms with Gasteiger partial charge in [-0.05, 0) is 129 Å². The highest BCUT2D eigenvalue weighted by Gasteiger charge is 2.33. The normalized spacial score (nSPS) is 22.6. The Morgan fingerprint density at radius 1 is 1.00 bits per heavy atom. The topological polar surface area (TPSA) is 123 Å². The van der Waals surface area contributed by atoms with Crippen molar-refractivity contribution in [2.45, 2.75) is 117 Å². The molecule has 2 aliphatic heterocycles. The molecule has 3 heterocycles. The lowest BCUT2D eigenvalue weighted by Crippen LogP contribution is -2.38. The fourth-order valence-electron chi connectivity index (χ4n) is 8.21. The fourth-order valence-corrected chi connectivity index (χ4v) is 8.21. The van der Waals surface area contributed by atoms with Gasteiger partial charge in [-0.25, -0.2) is 13.8 Å². The van der Waals surface area contributed by atoms with Gasteiger partial charge in [0, 0.05) is 44.1 Å². The van der Waals surface area contributed by atoms with E-state index in [0.717, 1.165) is 99.4 Å². The monoisotopic (exact) mass is 720 g/mol. The van der Waals surface area contributed by atoms with E-state index < -0.39 is 11.9 Å². The zero-order chi connectivity index (χ0) is 37.8. The number of nitrogens with zero attached hydrogens (tertiary/aromatic N) is 3. The van der Waals surface area contributed by atoms with E-state index in [0.29, 0.717) is 42.7 Å². The molecule has 0 unspecified atom stereocenters. The Bertz CT molecular complexity index is 1630. The van der Waals surface area contributed by atoms with Crippen molar-refractivity contribution in [2.24, 2.45) is 34.1 Å². The van der Waals surface area contributed by atoms with Crippen LogP contribution in [-0.4, -0.2) is 70.4 Å². The fraction of sp³-hybridized carbons (Fsp3) is 0.643. The van der Waals surface area contributed by atoms with Crippen molar-refractivity contribution in [3.8, 4) is 0 Å². The summed E-state index contributed by atoms with van der Waals surface area (Å²) in [6.07, 6.45) is 9.92. The number of carboxylic acids is 1. The van der Waals surface area contributed by atoms with Crippen LogP contribution in [0.5, 0.6) is 0 Å². The maximum Gasteiger partial charge on any atom is 0.284 e. The predicted molar refractivity (Wildman–Crippen MR) is 196 cm³/mol. The zero-order valence-electron chi connectivity index (χ0n) is 31.6. The maximum atomic E-state index is 13.9. The van der Waals surface area contributed by atoms with Crippen LogP contribution in [0, 0.1) is 29.1 Å². The molecule has 2 aliphatic carbocycles. The smallest absolute Gasteiger partial charge is 0.284 e. The van der Waals surface area contributed by atoms with Crippen LogP contribution in [0.4, 0.5) is 14.5 Å². The van der Waals surface area contributed by atoms with Gasteiger partial charge in [-0.3, -0.25) is 14.6 Å². The number of aliphatic carboxylic acids is 1. The first kappa shape index (κ1) is 39.8. The van der Waals surface area contributed by atoms with E-state index in [1.54, 1.807) is 0 Å². The lowest BCUT2D eigenvalue weighted by Gasteiger charge is -2.34. The Morgan fingerprint density at radius 2 is 1.69 bits per heavy atom. The minimum atomic E-state index is -3.69. The maximum absolute atomic E-state index is 13.9. The number of aliphatic hydroxyl groups excluding tert-OH is 1. The van der Waals surface area contributed by atoms with E-state index in [-0.39, 0.29) is 36.4 Å². The number of hydrogen-bond acceptors (Lipinski definition) is 8. The highest BCUT2D eigenvalue weighted by Crippen LogP contribution is 2.40. The molecule has 1 saturated heterocycles. The van der Waals surface area contributed by atoms with Crippen molar-refractivity contribution in [1.29, 1.82) is 0 Å². The van der Waals surface area contributed by atoms with Crippen LogP contribution >= 0.6 is 0 Å². The second kappa shape index (κ2) is 16.8. The van der Waals surface area contributed by atoms with Crippen LogP contribution in [0.15, 0.2) is 35.3 Å². The van der Waals surface area contributed by atoms with Crippen molar-refractivity contribution < 1.29 is 33.4 Å². The SMILES string of the molecule is CC(F)(F)C(=O)[O-].CC1CC(CC(=O)c2cccc([C@@H](CCN3CCC(CO)CC3)CC(=O)C3=Nc4cc5c(nc4C3)CC[C@H](C(C)(C)C)C5)c2)C1. The predicted octanol–water partition coefficient (Wildman–Crippen LogP) is 6.71. The number of alkyl halides is 2. The number of likely N-dealkylation sites (tertiary alicyclic amines) is 1. The number of fused-ring (bicyclic) bond motifs is 2. The summed E-state index contributed by atoms with van der Waals surface area (Å²) in [4.78, 5) is 48.7. The number of carbonyl (C=O) groups excluding carboxylic acids is 3. The van der Waals surface area contributed by atoms with Gasteiger partial charge in [-0.2, -0.15) is 0 Å². The van der Waals surface area contributed by atoms with Gasteiger partial charge in [0.2, 0.25) is 0 Å². The van der Waals surface area contributed by atoms with Crippen LogP contribution in [0.3, 0.4) is 0 Å². The van der Waals surface area contributed by atoms with E-state index in [2.05, 4.69) is 50.8 Å². The first-order valence-electron chi connectivity index (χ1n) is 19.2. The summed E-state index contributed by atoms with van der Waals surface area (Å²) in [6.45, 7) is 12.6. The molecule has 10 heteroatoms. The Labute approximate surface area is 307 Å². The Hall–Kier alpha value is -3.37. The molecule has 2 aromatic rings. The van der Waals surface area contributed by atoms with Gasteiger partial charge < -0.3 is 19.9 Å². The molecule has 0 spiro atoms. The Balaban J connectivity index is 0.000000679. The van der Waals surface area contributed by atoms with E-state index in [9.17, 15) is 23.5 Å². The van der Waals surface area contributed by atoms with Crippen LogP contribution in [0.2, 0.25) is 0 Å². The third-order valence-corrected chi connectivity index (χ3v) is 11.8. The summed E-state index contributed by atoms with van der Waals surface area (Å²) in [5, 5.41) is 18.7. The minimum absolute atomic E-state index is 0.0182. The van der Waals surface area contributed by atoms with Crippen molar-refractivity contribution in [2.75, 3.05) is 26.2 Å². The number of aromatic nitrogens is 1. The number of Topliss-reactive ketones (excluding diaryl/α,β-unsaturated/α-hetero) is 2. The average Bonchev–Trinajstić information content (AvgIpc) is 3.51. The standard InChI is InChI=1S/C39H53N3O3.C3H4F2O2/c1-25-16-27(17-25)18-37(44)30-7-5-6-28(19-30)29(12-15-42-13-10-26(24-43)11-14-42)22-38(45)36-23-35-34(41-36)21-31-20-32(39(2,3)4)8-9-33(31)40-35;1-3(4,5)2(6)7/h5-7,19,21,25-27,29,32,43H,8-18,20,22-24H2,1-4H3;1H3,(H,6,7)/p-1/t25?,27?,29-,32-;/m0./s1. The van der Waals surface area contributed by atoms with Gasteiger partial charge in [0.15, 0.2) is 11.6 Å². The van der Waals surface area contributed by atoms with Crippen LogP contribution in [0.25, 0.3) is 0 Å². The lowest BCUT2D eigenvalue weighted by molar-refractivity contribution is -0.327. The second-order valence-corrected chi connectivity index (χ2v) is 17.1. The molecule has 8 nitrogen and oxygen atoms in total. The van der Waals surface area contributed by atoms with Crippen molar-refractivity contribution in [3.63, 3.8) is 0 Å². The van der Waals surface area contributed by atoms with Gasteiger partial charge >= 0.3 is 0 Å². The molecule has 1 aromatic carbocycles. The van der Waals surface area contributed by atoms with E-state index in [1.165, 1.54) is 11.3 Å². The van der Waals surface area contributed by atoms with Crippen LogP contribution in [-0.2, 0) is 28.9 Å². The number of aliphatic hydroxyl groups is 1. The number of piperidine rings is 1. The molecule has 1 saturated carbocycles. The van der Waals surface area contributed by atoms with Crippen molar-refractivity contribution >= 4 is 28.9 Å². The largest absolute Gasteiger partial charge is 0.544 e. The van der Waals surface area contributed by atoms with Crippen molar-refractivity contribution in [1.82, 2.24) is 9.88 Å². The molecule has 6 rings (SSSR count). The Morgan fingerprint density at radius 3 is 2.31 bits per heavy atom. The molecule has 1 N–H and O–H groups in total. The van der Waals surface area contributed by atoms with Crippen LogP contribution in [0.1, 0.15) is 125 Å². The highest BCUT2D eigenvalue weighted by molar-refractivity contribution is 6.41. The van der Waals surface area contributed by atoms with Gasteiger partial charge in [0.1, 0.15) is 5.97 Å². The molecule has 0 bridgehead atoms. The molecule has 0 radical (unpaired) electrons. The number of benzene rings is 1. The zero-order valence-corrected chi connectivity index (χ0v) is 31.6. The summed E-state index contributed by atoms with van der Waals surface area (Å²) in [5.41, 5.74) is 7.09.